The van der Waals surface area contributed by atoms with E-state index in [-0.39, 0.29) is 12.3 Å². The molecule has 0 N–H and O–H groups in total. The van der Waals surface area contributed by atoms with Crippen LogP contribution in [0.15, 0.2) is 40.8 Å². The Morgan fingerprint density at radius 3 is 2.31 bits per heavy atom. The van der Waals surface area contributed by atoms with Gasteiger partial charge in [0.2, 0.25) is 10.0 Å². The van der Waals surface area contributed by atoms with Gasteiger partial charge < -0.3 is 4.79 Å². The lowest BCUT2D eigenvalue weighted by Gasteiger charge is -2.22. The fourth-order valence-corrected chi connectivity index (χ4v) is 7.33. The second kappa shape index (κ2) is 10.2. The number of carbonyl (C=O) groups excluding carboxylic acids is 1. The first-order valence-electron chi connectivity index (χ1n) is 8.64. The van der Waals surface area contributed by atoms with Crippen molar-refractivity contribution in [3.8, 4) is 0 Å². The zero-order chi connectivity index (χ0) is 19.8. The van der Waals surface area contributed by atoms with Crippen molar-refractivity contribution in [2.24, 2.45) is 0 Å². The molecule has 26 heavy (non-hydrogen) atoms. The number of unbranched alkanes of at least 4 members (excludes halogenated alkanes) is 1. The second-order valence-corrected chi connectivity index (χ2v) is 16.4. The van der Waals surface area contributed by atoms with E-state index in [1.807, 2.05) is 19.1 Å². The van der Waals surface area contributed by atoms with Gasteiger partial charge in [-0.05, 0) is 31.5 Å². The molecule has 0 aliphatic rings. The Bertz CT molecular complexity index is 737. The molecular formula is C18H29NO4S2Si. The first-order valence-corrected chi connectivity index (χ1v) is 15.2. The molecule has 0 spiro atoms. The average Bonchev–Trinajstić information content (AvgIpc) is 2.56. The molecule has 0 aliphatic heterocycles. The first kappa shape index (κ1) is 22.8. The molecule has 1 rings (SSSR count). The van der Waals surface area contributed by atoms with E-state index < -0.39 is 28.9 Å². The molecule has 0 aromatic heterocycles. The van der Waals surface area contributed by atoms with E-state index in [1.54, 1.807) is 12.1 Å². The number of aldehydes is 1. The predicted octanol–water partition coefficient (Wildman–Crippen LogP) is 3.52. The Balaban J connectivity index is 2.92. The molecule has 146 valence electrons. The van der Waals surface area contributed by atoms with E-state index in [0.717, 1.165) is 11.8 Å². The molecule has 0 fully saturated rings. The quantitative estimate of drug-likeness (QED) is 0.315. The van der Waals surface area contributed by atoms with E-state index in [9.17, 15) is 17.4 Å². The van der Waals surface area contributed by atoms with Crippen LogP contribution < -0.4 is 0 Å². The Morgan fingerprint density at radius 1 is 1.15 bits per heavy atom. The van der Waals surface area contributed by atoms with Gasteiger partial charge in [0.15, 0.2) is 0 Å². The van der Waals surface area contributed by atoms with Crippen LogP contribution in [0.5, 0.6) is 0 Å². The van der Waals surface area contributed by atoms with Crippen LogP contribution in [-0.4, -0.2) is 43.6 Å². The van der Waals surface area contributed by atoms with Crippen molar-refractivity contribution in [2.45, 2.75) is 50.3 Å². The summed E-state index contributed by atoms with van der Waals surface area (Å²) in [4.78, 5) is 11.2. The molecule has 5 nitrogen and oxygen atoms in total. The van der Waals surface area contributed by atoms with Crippen molar-refractivity contribution < 1.29 is 17.4 Å². The van der Waals surface area contributed by atoms with Crippen molar-refractivity contribution in [2.75, 3.05) is 12.3 Å². The zero-order valence-electron chi connectivity index (χ0n) is 16.0. The Morgan fingerprint density at radius 2 is 1.77 bits per heavy atom. The van der Waals surface area contributed by atoms with Gasteiger partial charge in [0.05, 0.1) is 16.6 Å². The van der Waals surface area contributed by atoms with E-state index in [4.69, 9.17) is 0 Å². The van der Waals surface area contributed by atoms with Crippen LogP contribution in [0.2, 0.25) is 25.7 Å². The van der Waals surface area contributed by atoms with Gasteiger partial charge in [-0.15, -0.1) is 0 Å². The Labute approximate surface area is 161 Å². The molecule has 1 aromatic rings. The zero-order valence-corrected chi connectivity index (χ0v) is 18.6. The van der Waals surface area contributed by atoms with Crippen LogP contribution in [0.1, 0.15) is 18.4 Å². The predicted molar refractivity (Wildman–Crippen MR) is 111 cm³/mol. The van der Waals surface area contributed by atoms with Gasteiger partial charge in [-0.25, -0.2) is 12.6 Å². The van der Waals surface area contributed by atoms with Crippen molar-refractivity contribution in [3.05, 3.63) is 41.4 Å². The smallest absolute Gasteiger partial charge is 0.234 e. The van der Waals surface area contributed by atoms with E-state index in [2.05, 4.69) is 19.6 Å². The summed E-state index contributed by atoms with van der Waals surface area (Å²) < 4.78 is 39.0. The average molecular weight is 416 g/mol. The highest BCUT2D eigenvalue weighted by Crippen LogP contribution is 2.15. The van der Waals surface area contributed by atoms with Crippen LogP contribution in [0.4, 0.5) is 0 Å². The number of nitrogens with zero attached hydrogens (tertiary/aromatic N) is 1. The molecular weight excluding hydrogens is 386 g/mol. The molecule has 0 saturated carbocycles. The largest absolute Gasteiger partial charge is 0.303 e. The molecule has 0 radical (unpaired) electrons. The molecule has 1 atom stereocenters. The topological polar surface area (TPSA) is 71.5 Å². The number of hydrogen-bond acceptors (Lipinski definition) is 4. The maximum absolute atomic E-state index is 12.7. The van der Waals surface area contributed by atoms with Crippen LogP contribution in [-0.2, 0) is 25.6 Å². The minimum Gasteiger partial charge on any atom is -0.303 e. The van der Waals surface area contributed by atoms with Crippen LogP contribution >= 0.6 is 0 Å². The lowest BCUT2D eigenvalue weighted by Crippen LogP contribution is -2.33. The van der Waals surface area contributed by atoms with Crippen molar-refractivity contribution >= 4 is 35.2 Å². The van der Waals surface area contributed by atoms with Crippen LogP contribution in [0.25, 0.3) is 0 Å². The van der Waals surface area contributed by atoms with Gasteiger partial charge in [0, 0.05) is 37.5 Å². The van der Waals surface area contributed by atoms with Crippen LogP contribution in [0.3, 0.4) is 0 Å². The molecule has 0 bridgehead atoms. The maximum Gasteiger partial charge on any atom is 0.234 e. The summed E-state index contributed by atoms with van der Waals surface area (Å²) in [7, 11) is -6.41. The third-order valence-corrected chi connectivity index (χ3v) is 8.73. The Kier molecular flexibility index (Phi) is 8.92. The van der Waals surface area contributed by atoms with E-state index in [0.29, 0.717) is 23.8 Å². The number of rotatable bonds is 11. The normalized spacial score (nSPS) is 13.7. The number of sulfonamides is 1. The third-order valence-electron chi connectivity index (χ3n) is 3.77. The highest BCUT2D eigenvalue weighted by atomic mass is 32.2. The first-order chi connectivity index (χ1) is 12.0. The lowest BCUT2D eigenvalue weighted by atomic mass is 10.2. The maximum atomic E-state index is 12.7. The summed E-state index contributed by atoms with van der Waals surface area (Å²) in [6.45, 7) is 8.54. The number of benzene rings is 1. The van der Waals surface area contributed by atoms with E-state index >= 15 is 0 Å². The minimum absolute atomic E-state index is 0.0747. The SMILES string of the molecule is Cc1ccc(S(=O)/C=C\N(CCCC=O)S(=O)(=O)CC[Si](C)(C)C)cc1. The fourth-order valence-electron chi connectivity index (χ4n) is 2.06. The highest BCUT2D eigenvalue weighted by Gasteiger charge is 2.23. The fraction of sp³-hybridized carbons (Fsp3) is 0.500. The van der Waals surface area contributed by atoms with Crippen molar-refractivity contribution in [3.63, 3.8) is 0 Å². The molecule has 0 heterocycles. The number of hydrogen-bond donors (Lipinski definition) is 0. The van der Waals surface area contributed by atoms with Gasteiger partial charge in [0.25, 0.3) is 0 Å². The number of aryl methyl sites for hydroxylation is 1. The molecule has 8 heteroatoms. The summed E-state index contributed by atoms with van der Waals surface area (Å²) >= 11 is 0. The molecule has 0 amide bonds. The monoisotopic (exact) mass is 415 g/mol. The van der Waals surface area contributed by atoms with Crippen molar-refractivity contribution in [1.29, 1.82) is 0 Å². The van der Waals surface area contributed by atoms with Gasteiger partial charge in [-0.3, -0.25) is 4.31 Å². The molecule has 0 aliphatic carbocycles. The Hall–Kier alpha value is -1.25. The third kappa shape index (κ3) is 8.42. The summed E-state index contributed by atoms with van der Waals surface area (Å²) in [5.74, 6) is 0.0747. The molecule has 0 saturated heterocycles. The van der Waals surface area contributed by atoms with Gasteiger partial charge in [-0.2, -0.15) is 0 Å². The summed E-state index contributed by atoms with van der Waals surface area (Å²) in [6.07, 6.45) is 2.91. The van der Waals surface area contributed by atoms with E-state index in [1.165, 1.54) is 15.9 Å². The minimum atomic E-state index is -3.49. The van der Waals surface area contributed by atoms with Gasteiger partial charge in [0.1, 0.15) is 6.29 Å². The summed E-state index contributed by atoms with van der Waals surface area (Å²) in [5.41, 5.74) is 1.07. The van der Waals surface area contributed by atoms with Gasteiger partial charge >= 0.3 is 0 Å². The van der Waals surface area contributed by atoms with Crippen LogP contribution in [0, 0.1) is 6.92 Å². The lowest BCUT2D eigenvalue weighted by molar-refractivity contribution is -0.107. The van der Waals surface area contributed by atoms with Crippen molar-refractivity contribution in [1.82, 2.24) is 4.31 Å². The summed E-state index contributed by atoms with van der Waals surface area (Å²) in [5, 5.41) is 1.40. The summed E-state index contributed by atoms with van der Waals surface area (Å²) in [6, 6.07) is 7.94. The second-order valence-electron chi connectivity index (χ2n) is 7.44. The highest BCUT2D eigenvalue weighted by molar-refractivity contribution is 7.89. The molecule has 1 unspecified atom stereocenters. The standard InChI is InChI=1S/C18H29NO4S2Si/c1-17-7-9-18(10-8-17)24(21)14-12-19(11-5-6-13-20)25(22,23)15-16-26(2,3)4/h7-10,12-14H,5-6,11,15-16H2,1-4H3/b14-12-. The van der Waals surface area contributed by atoms with Gasteiger partial charge in [-0.1, -0.05) is 37.3 Å². The number of carbonyl (C=O) groups is 1. The molecule has 1 aromatic carbocycles.